The number of nitrogens with zero attached hydrogens (tertiary/aromatic N) is 3. The molecular formula is C21H22F3N5O. The van der Waals surface area contributed by atoms with Gasteiger partial charge in [0, 0.05) is 32.5 Å². The molecule has 158 valence electrons. The van der Waals surface area contributed by atoms with E-state index in [4.69, 9.17) is 4.74 Å². The van der Waals surface area contributed by atoms with Crippen molar-refractivity contribution in [1.82, 2.24) is 20.4 Å². The molecule has 0 spiro atoms. The second-order valence-corrected chi connectivity index (χ2v) is 6.44. The maximum absolute atomic E-state index is 12.2. The van der Waals surface area contributed by atoms with E-state index in [1.165, 1.54) is 12.1 Å². The third-order valence-electron chi connectivity index (χ3n) is 4.17. The fraction of sp³-hybridized carbons (Fsp3) is 0.238. The predicted octanol–water partition coefficient (Wildman–Crippen LogP) is 3.68. The standard InChI is InChI=1S/C21H22F3N5O/c1-25-20(26-13-16-3-7-18(8-4-16)29-12-2-11-28-29)27-14-17-5-9-19(10-6-17)30-15-21(22,23)24/h2-12H,13-15H2,1H3,(H2,25,26,27). The van der Waals surface area contributed by atoms with Gasteiger partial charge >= 0.3 is 6.18 Å². The van der Waals surface area contributed by atoms with Gasteiger partial charge in [-0.25, -0.2) is 4.68 Å². The van der Waals surface area contributed by atoms with Gasteiger partial charge in [-0.2, -0.15) is 18.3 Å². The number of benzene rings is 2. The number of aromatic nitrogens is 2. The summed E-state index contributed by atoms with van der Waals surface area (Å²) in [6.45, 7) is -0.245. The second-order valence-electron chi connectivity index (χ2n) is 6.44. The molecule has 9 heteroatoms. The molecule has 1 aromatic heterocycles. The van der Waals surface area contributed by atoms with Gasteiger partial charge in [0.1, 0.15) is 5.75 Å². The van der Waals surface area contributed by atoms with Crippen molar-refractivity contribution in [2.45, 2.75) is 19.3 Å². The van der Waals surface area contributed by atoms with Crippen LogP contribution in [0.25, 0.3) is 5.69 Å². The first-order chi connectivity index (χ1) is 14.4. The Morgan fingerprint density at radius 3 is 2.10 bits per heavy atom. The van der Waals surface area contributed by atoms with E-state index in [2.05, 4.69) is 20.7 Å². The minimum Gasteiger partial charge on any atom is -0.484 e. The lowest BCUT2D eigenvalue weighted by molar-refractivity contribution is -0.153. The summed E-state index contributed by atoms with van der Waals surface area (Å²) in [4.78, 5) is 4.18. The zero-order valence-corrected chi connectivity index (χ0v) is 16.4. The van der Waals surface area contributed by atoms with E-state index in [0.717, 1.165) is 16.8 Å². The van der Waals surface area contributed by atoms with Crippen molar-refractivity contribution in [3.8, 4) is 11.4 Å². The van der Waals surface area contributed by atoms with Crippen molar-refractivity contribution in [1.29, 1.82) is 0 Å². The highest BCUT2D eigenvalue weighted by atomic mass is 19.4. The van der Waals surface area contributed by atoms with Gasteiger partial charge in [-0.15, -0.1) is 0 Å². The summed E-state index contributed by atoms with van der Waals surface area (Å²) in [6.07, 6.45) is -0.736. The molecule has 0 bridgehead atoms. The normalized spacial score (nSPS) is 11.9. The quantitative estimate of drug-likeness (QED) is 0.455. The molecule has 2 aromatic carbocycles. The summed E-state index contributed by atoms with van der Waals surface area (Å²) in [5.74, 6) is 0.792. The second kappa shape index (κ2) is 9.82. The van der Waals surface area contributed by atoms with Crippen LogP contribution < -0.4 is 15.4 Å². The highest BCUT2D eigenvalue weighted by Crippen LogP contribution is 2.18. The van der Waals surface area contributed by atoms with Crippen LogP contribution in [0.3, 0.4) is 0 Å². The van der Waals surface area contributed by atoms with Crippen molar-refractivity contribution in [3.63, 3.8) is 0 Å². The molecule has 0 aliphatic heterocycles. The Morgan fingerprint density at radius 2 is 1.60 bits per heavy atom. The first-order valence-electron chi connectivity index (χ1n) is 9.25. The van der Waals surface area contributed by atoms with Gasteiger partial charge < -0.3 is 15.4 Å². The number of ether oxygens (including phenoxy) is 1. The Labute approximate surface area is 172 Å². The zero-order chi connectivity index (χ0) is 21.4. The number of hydrogen-bond donors (Lipinski definition) is 2. The number of guanidine groups is 1. The molecule has 0 atom stereocenters. The first kappa shape index (κ1) is 21.2. The first-order valence-corrected chi connectivity index (χ1v) is 9.25. The van der Waals surface area contributed by atoms with E-state index < -0.39 is 12.8 Å². The van der Waals surface area contributed by atoms with Crippen molar-refractivity contribution in [2.75, 3.05) is 13.7 Å². The van der Waals surface area contributed by atoms with Crippen LogP contribution in [0, 0.1) is 0 Å². The summed E-state index contributed by atoms with van der Waals surface area (Å²) in [7, 11) is 1.67. The van der Waals surface area contributed by atoms with Crippen molar-refractivity contribution in [3.05, 3.63) is 78.1 Å². The predicted molar refractivity (Wildman–Crippen MR) is 109 cm³/mol. The minimum atomic E-state index is -4.35. The Hall–Kier alpha value is -3.49. The van der Waals surface area contributed by atoms with Gasteiger partial charge in [-0.3, -0.25) is 4.99 Å². The van der Waals surface area contributed by atoms with Crippen LogP contribution in [-0.2, 0) is 13.1 Å². The smallest absolute Gasteiger partial charge is 0.422 e. The van der Waals surface area contributed by atoms with Crippen LogP contribution >= 0.6 is 0 Å². The molecule has 1 heterocycles. The fourth-order valence-electron chi connectivity index (χ4n) is 2.65. The van der Waals surface area contributed by atoms with E-state index in [9.17, 15) is 13.2 Å². The van der Waals surface area contributed by atoms with Crippen molar-refractivity contribution >= 4 is 5.96 Å². The largest absolute Gasteiger partial charge is 0.484 e. The lowest BCUT2D eigenvalue weighted by atomic mass is 10.2. The molecule has 0 aliphatic rings. The summed E-state index contributed by atoms with van der Waals surface area (Å²) in [5, 5.41) is 10.6. The fourth-order valence-corrected chi connectivity index (χ4v) is 2.65. The molecule has 3 aromatic rings. The lowest BCUT2D eigenvalue weighted by Crippen LogP contribution is -2.36. The van der Waals surface area contributed by atoms with Crippen LogP contribution in [0.1, 0.15) is 11.1 Å². The van der Waals surface area contributed by atoms with E-state index >= 15 is 0 Å². The van der Waals surface area contributed by atoms with E-state index in [0.29, 0.717) is 19.0 Å². The molecule has 0 unspecified atom stereocenters. The average Bonchev–Trinajstić information content (AvgIpc) is 3.28. The molecule has 2 N–H and O–H groups in total. The maximum Gasteiger partial charge on any atom is 0.422 e. The van der Waals surface area contributed by atoms with Crippen molar-refractivity contribution < 1.29 is 17.9 Å². The highest BCUT2D eigenvalue weighted by Gasteiger charge is 2.28. The molecule has 30 heavy (non-hydrogen) atoms. The molecule has 0 amide bonds. The van der Waals surface area contributed by atoms with Crippen LogP contribution in [0.5, 0.6) is 5.75 Å². The van der Waals surface area contributed by atoms with E-state index in [1.54, 1.807) is 30.1 Å². The SMILES string of the molecule is CN=C(NCc1ccc(OCC(F)(F)F)cc1)NCc1ccc(-n2cccn2)cc1. The van der Waals surface area contributed by atoms with Gasteiger partial charge in [0.2, 0.25) is 0 Å². The highest BCUT2D eigenvalue weighted by molar-refractivity contribution is 5.79. The molecule has 0 fully saturated rings. The molecule has 0 saturated heterocycles. The topological polar surface area (TPSA) is 63.5 Å². The number of halogens is 3. The summed E-state index contributed by atoms with van der Waals surface area (Å²) < 4.78 is 43.1. The Balaban J connectivity index is 1.45. The number of aliphatic imine (C=N–C) groups is 1. The van der Waals surface area contributed by atoms with Gasteiger partial charge in [0.15, 0.2) is 12.6 Å². The molecular weight excluding hydrogens is 395 g/mol. The Bertz CT molecular complexity index is 936. The number of nitrogens with one attached hydrogen (secondary N) is 2. The van der Waals surface area contributed by atoms with E-state index in [1.807, 2.05) is 36.5 Å². The monoisotopic (exact) mass is 417 g/mol. The zero-order valence-electron chi connectivity index (χ0n) is 16.4. The number of hydrogen-bond acceptors (Lipinski definition) is 3. The lowest BCUT2D eigenvalue weighted by Gasteiger charge is -2.13. The Morgan fingerprint density at radius 1 is 1.00 bits per heavy atom. The van der Waals surface area contributed by atoms with Gasteiger partial charge in [0.25, 0.3) is 0 Å². The van der Waals surface area contributed by atoms with Gasteiger partial charge in [-0.1, -0.05) is 24.3 Å². The summed E-state index contributed by atoms with van der Waals surface area (Å²) in [6, 6.07) is 16.3. The van der Waals surface area contributed by atoms with Crippen LogP contribution in [0.15, 0.2) is 72.0 Å². The molecule has 0 aliphatic carbocycles. The number of rotatable bonds is 7. The molecule has 3 rings (SSSR count). The van der Waals surface area contributed by atoms with Crippen LogP contribution in [0.4, 0.5) is 13.2 Å². The summed E-state index contributed by atoms with van der Waals surface area (Å²) in [5.41, 5.74) is 2.95. The third kappa shape index (κ3) is 6.54. The summed E-state index contributed by atoms with van der Waals surface area (Å²) >= 11 is 0. The third-order valence-corrected chi connectivity index (χ3v) is 4.17. The van der Waals surface area contributed by atoms with Crippen LogP contribution in [0.2, 0.25) is 0 Å². The molecule has 0 radical (unpaired) electrons. The van der Waals surface area contributed by atoms with E-state index in [-0.39, 0.29) is 5.75 Å². The number of alkyl halides is 3. The van der Waals surface area contributed by atoms with Crippen LogP contribution in [-0.4, -0.2) is 35.6 Å². The molecule has 0 saturated carbocycles. The average molecular weight is 417 g/mol. The maximum atomic E-state index is 12.2. The van der Waals surface area contributed by atoms with Gasteiger partial charge in [0.05, 0.1) is 5.69 Å². The Kier molecular flexibility index (Phi) is 6.95. The van der Waals surface area contributed by atoms with Crippen molar-refractivity contribution in [2.24, 2.45) is 4.99 Å². The van der Waals surface area contributed by atoms with Gasteiger partial charge in [-0.05, 0) is 41.5 Å². The minimum absolute atomic E-state index is 0.178. The molecule has 6 nitrogen and oxygen atoms in total.